The van der Waals surface area contributed by atoms with E-state index in [1.807, 2.05) is 60.7 Å². The molecule has 0 radical (unpaired) electrons. The Balaban J connectivity index is 0.989. The van der Waals surface area contributed by atoms with E-state index in [-0.39, 0.29) is 5.41 Å². The molecule has 0 atom stereocenters. The molecule has 12 rings (SSSR count). The molecule has 0 saturated heterocycles. The van der Waals surface area contributed by atoms with Crippen molar-refractivity contribution < 1.29 is 4.57 Å². The van der Waals surface area contributed by atoms with Gasteiger partial charge in [-0.2, -0.15) is 0 Å². The monoisotopic (exact) mass is 852 g/mol. The topological polar surface area (TPSA) is 25.2 Å². The lowest BCUT2D eigenvalue weighted by molar-refractivity contribution is 0.592. The van der Waals surface area contributed by atoms with Crippen LogP contribution in [0.2, 0.25) is 0 Å². The predicted molar refractivity (Wildman–Crippen MR) is 275 cm³/mol. The lowest BCUT2D eigenvalue weighted by atomic mass is 9.82. The van der Waals surface area contributed by atoms with Crippen LogP contribution in [-0.4, -0.2) is 4.57 Å². The smallest absolute Gasteiger partial charge is 0.171 e. The van der Waals surface area contributed by atoms with E-state index in [4.69, 9.17) is 0 Å². The summed E-state index contributed by atoms with van der Waals surface area (Å²) in [6.07, 6.45) is 0. The lowest BCUT2D eigenvalue weighted by Gasteiger charge is -2.29. The van der Waals surface area contributed by atoms with Crippen molar-refractivity contribution in [3.63, 3.8) is 0 Å². The number of nitrogens with zero attached hydrogens (tertiary/aromatic N) is 2. The molecule has 0 aliphatic heterocycles. The third-order valence-electron chi connectivity index (χ3n) is 13.7. The molecule has 0 saturated carbocycles. The molecule has 0 amide bonds. The van der Waals surface area contributed by atoms with Gasteiger partial charge in [0.1, 0.15) is 0 Å². The quantitative estimate of drug-likeness (QED) is 0.142. The molecular formula is C61H45N2OP. The van der Waals surface area contributed by atoms with Crippen molar-refractivity contribution >= 4 is 72.7 Å². The van der Waals surface area contributed by atoms with Gasteiger partial charge in [-0.15, -0.1) is 0 Å². The number of hydrogen-bond acceptors (Lipinski definition) is 2. The molecule has 3 nitrogen and oxygen atoms in total. The van der Waals surface area contributed by atoms with Crippen molar-refractivity contribution in [3.05, 3.63) is 248 Å². The van der Waals surface area contributed by atoms with Crippen LogP contribution in [-0.2, 0) is 9.98 Å². The van der Waals surface area contributed by atoms with E-state index >= 15 is 4.57 Å². The Labute approximate surface area is 379 Å². The third-order valence-corrected chi connectivity index (χ3v) is 16.7. The van der Waals surface area contributed by atoms with Gasteiger partial charge in [0.15, 0.2) is 7.14 Å². The highest BCUT2D eigenvalue weighted by Crippen LogP contribution is 2.51. The zero-order valence-corrected chi connectivity index (χ0v) is 37.2. The lowest BCUT2D eigenvalue weighted by Crippen LogP contribution is -2.25. The average molecular weight is 853 g/mol. The third kappa shape index (κ3) is 6.22. The van der Waals surface area contributed by atoms with Crippen molar-refractivity contribution in [3.8, 4) is 27.9 Å². The molecule has 1 heterocycles. The predicted octanol–water partition coefficient (Wildman–Crippen LogP) is 15.0. The normalized spacial score (nSPS) is 13.0. The zero-order valence-electron chi connectivity index (χ0n) is 36.3. The summed E-state index contributed by atoms with van der Waals surface area (Å²) < 4.78 is 17.8. The van der Waals surface area contributed by atoms with Gasteiger partial charge in [-0.25, -0.2) is 0 Å². The second-order valence-electron chi connectivity index (χ2n) is 17.7. The standard InChI is InChI=1S/C61H45N2OP/c1-61(2)56-25-15-14-24-53(56)54-37-34-48(41-57(54)61)62(47-32-35-51(36-33-47)65(64,49-19-8-4-9-20-49)50-21-10-5-11-22-50)46-30-26-42(27-31-46)44-29-38-58-55(40-44)60-52-23-13-12-16-43(52)28-39-59(60)63(58)45-17-6-3-7-18-45/h3-41H,1-2H3. The molecule has 1 aliphatic carbocycles. The molecule has 1 aliphatic rings. The maximum atomic E-state index is 15.4. The van der Waals surface area contributed by atoms with Crippen molar-refractivity contribution in [2.24, 2.45) is 0 Å². The van der Waals surface area contributed by atoms with Gasteiger partial charge in [-0.05, 0) is 123 Å². The van der Waals surface area contributed by atoms with Crippen LogP contribution in [0.25, 0.3) is 60.5 Å². The molecule has 0 fully saturated rings. The van der Waals surface area contributed by atoms with Crippen LogP contribution in [0.4, 0.5) is 17.1 Å². The van der Waals surface area contributed by atoms with Gasteiger partial charge in [0, 0.05) is 54.9 Å². The van der Waals surface area contributed by atoms with E-state index in [2.05, 4.69) is 199 Å². The summed E-state index contributed by atoms with van der Waals surface area (Å²) in [5.74, 6) is 0. The highest BCUT2D eigenvalue weighted by Gasteiger charge is 2.36. The first-order valence-corrected chi connectivity index (χ1v) is 24.1. The van der Waals surface area contributed by atoms with E-state index in [0.29, 0.717) is 0 Å². The number of fused-ring (bicyclic) bond motifs is 8. The second-order valence-corrected chi connectivity index (χ2v) is 20.4. The first kappa shape index (κ1) is 38.9. The van der Waals surface area contributed by atoms with Crippen molar-refractivity contribution in [1.82, 2.24) is 4.57 Å². The Morgan fingerprint density at radius 1 is 0.415 bits per heavy atom. The van der Waals surface area contributed by atoms with E-state index in [1.165, 1.54) is 54.8 Å². The molecule has 310 valence electrons. The van der Waals surface area contributed by atoms with Gasteiger partial charge in [-0.1, -0.05) is 172 Å². The molecular weight excluding hydrogens is 808 g/mol. The van der Waals surface area contributed by atoms with E-state index in [9.17, 15) is 0 Å². The molecule has 0 spiro atoms. The Kier molecular flexibility index (Phi) is 9.12. The first-order chi connectivity index (χ1) is 31.9. The molecule has 0 bridgehead atoms. The van der Waals surface area contributed by atoms with Crippen LogP contribution in [0.5, 0.6) is 0 Å². The fraction of sp³-hybridized carbons (Fsp3) is 0.0492. The SMILES string of the molecule is CC1(C)c2ccccc2-c2ccc(N(c3ccc(-c4ccc5c(c4)c4c6ccccc6ccc4n5-c4ccccc4)cc3)c3ccc(P(=O)(c4ccccc4)c4ccccc4)cc3)cc21. The number of para-hydroxylation sites is 1. The summed E-state index contributed by atoms with van der Waals surface area (Å²) in [6, 6.07) is 83.7. The van der Waals surface area contributed by atoms with E-state index < -0.39 is 7.14 Å². The number of rotatable bonds is 8. The van der Waals surface area contributed by atoms with Crippen molar-refractivity contribution in [2.45, 2.75) is 19.3 Å². The largest absolute Gasteiger partial charge is 0.310 e. The summed E-state index contributed by atoms with van der Waals surface area (Å²) in [7, 11) is -3.16. The Hall–Kier alpha value is -7.71. The Morgan fingerprint density at radius 3 is 1.66 bits per heavy atom. The molecule has 4 heteroatoms. The average Bonchev–Trinajstić information content (AvgIpc) is 3.83. The van der Waals surface area contributed by atoms with Crippen molar-refractivity contribution in [2.75, 3.05) is 4.90 Å². The first-order valence-electron chi connectivity index (χ1n) is 22.4. The van der Waals surface area contributed by atoms with Crippen LogP contribution < -0.4 is 20.8 Å². The second kappa shape index (κ2) is 15.2. The minimum atomic E-state index is -3.16. The molecule has 0 unspecified atom stereocenters. The van der Waals surface area contributed by atoms with Crippen LogP contribution >= 0.6 is 7.14 Å². The highest BCUT2D eigenvalue weighted by atomic mass is 31.2. The summed E-state index contributed by atoms with van der Waals surface area (Å²) >= 11 is 0. The zero-order chi connectivity index (χ0) is 43.7. The molecule has 11 aromatic rings. The summed E-state index contributed by atoms with van der Waals surface area (Å²) in [5, 5.41) is 7.43. The summed E-state index contributed by atoms with van der Waals surface area (Å²) in [5.41, 5.74) is 14.0. The molecule has 1 aromatic heterocycles. The number of anilines is 3. The van der Waals surface area contributed by atoms with Gasteiger partial charge in [-0.3, -0.25) is 0 Å². The Bertz CT molecular complexity index is 3590. The maximum Gasteiger partial charge on any atom is 0.171 e. The number of hydrogen-bond donors (Lipinski definition) is 0. The van der Waals surface area contributed by atoms with E-state index in [0.717, 1.165) is 49.8 Å². The molecule has 65 heavy (non-hydrogen) atoms. The number of aromatic nitrogens is 1. The fourth-order valence-corrected chi connectivity index (χ4v) is 13.1. The van der Waals surface area contributed by atoms with Crippen LogP contribution in [0.3, 0.4) is 0 Å². The van der Waals surface area contributed by atoms with Gasteiger partial charge in [0.2, 0.25) is 0 Å². The van der Waals surface area contributed by atoms with Gasteiger partial charge in [0.05, 0.1) is 11.0 Å². The molecule has 0 N–H and O–H groups in total. The van der Waals surface area contributed by atoms with Gasteiger partial charge < -0.3 is 14.0 Å². The van der Waals surface area contributed by atoms with Gasteiger partial charge >= 0.3 is 0 Å². The van der Waals surface area contributed by atoms with Crippen LogP contribution in [0.15, 0.2) is 237 Å². The maximum absolute atomic E-state index is 15.4. The van der Waals surface area contributed by atoms with Gasteiger partial charge in [0.25, 0.3) is 0 Å². The minimum absolute atomic E-state index is 0.160. The fourth-order valence-electron chi connectivity index (χ4n) is 10.4. The van der Waals surface area contributed by atoms with Crippen LogP contribution in [0, 0.1) is 0 Å². The molecule has 10 aromatic carbocycles. The van der Waals surface area contributed by atoms with E-state index in [1.54, 1.807) is 0 Å². The minimum Gasteiger partial charge on any atom is -0.310 e. The Morgan fingerprint density at radius 2 is 0.954 bits per heavy atom. The van der Waals surface area contributed by atoms with Crippen LogP contribution in [0.1, 0.15) is 25.0 Å². The summed E-state index contributed by atoms with van der Waals surface area (Å²) in [6.45, 7) is 4.66. The number of benzene rings is 10. The highest BCUT2D eigenvalue weighted by molar-refractivity contribution is 7.85. The summed E-state index contributed by atoms with van der Waals surface area (Å²) in [4.78, 5) is 2.34. The van der Waals surface area contributed by atoms with Crippen molar-refractivity contribution in [1.29, 1.82) is 0 Å².